The van der Waals surface area contributed by atoms with E-state index in [1.54, 1.807) is 25.1 Å². The zero-order chi connectivity index (χ0) is 23.8. The van der Waals surface area contributed by atoms with Gasteiger partial charge in [-0.15, -0.1) is 0 Å². The van der Waals surface area contributed by atoms with Gasteiger partial charge in [-0.2, -0.15) is 5.10 Å². The van der Waals surface area contributed by atoms with Crippen molar-refractivity contribution in [2.24, 2.45) is 0 Å². The van der Waals surface area contributed by atoms with E-state index in [0.29, 0.717) is 29.0 Å². The topological polar surface area (TPSA) is 110 Å². The molecule has 2 aromatic carbocycles. The molecule has 8 nitrogen and oxygen atoms in total. The Balaban J connectivity index is 1.79. The molecule has 0 fully saturated rings. The molecule has 4 rings (SSSR count). The highest BCUT2D eigenvalue weighted by Gasteiger charge is 2.24. The van der Waals surface area contributed by atoms with Gasteiger partial charge < -0.3 is 9.47 Å². The first-order valence-corrected chi connectivity index (χ1v) is 12.3. The number of sulfonamides is 1. The second-order valence-electron chi connectivity index (χ2n) is 7.84. The van der Waals surface area contributed by atoms with Gasteiger partial charge in [-0.3, -0.25) is 9.52 Å². The Morgan fingerprint density at radius 1 is 1.06 bits per heavy atom. The van der Waals surface area contributed by atoms with Gasteiger partial charge in [-0.25, -0.2) is 13.5 Å². The third-order valence-corrected chi connectivity index (χ3v) is 7.56. The summed E-state index contributed by atoms with van der Waals surface area (Å²) in [6, 6.07) is 8.14. The van der Waals surface area contributed by atoms with E-state index in [1.165, 1.54) is 20.3 Å². The lowest BCUT2D eigenvalue weighted by atomic mass is 9.90. The van der Waals surface area contributed by atoms with Gasteiger partial charge in [0.25, 0.3) is 15.6 Å². The van der Waals surface area contributed by atoms with E-state index in [4.69, 9.17) is 21.1 Å². The number of halogens is 1. The molecule has 10 heteroatoms. The summed E-state index contributed by atoms with van der Waals surface area (Å²) in [5.74, 6) is 0.667. The highest BCUT2D eigenvalue weighted by atomic mass is 35.5. The molecule has 3 aromatic rings. The maximum Gasteiger partial charge on any atom is 0.267 e. The lowest BCUT2D eigenvalue weighted by Gasteiger charge is -2.19. The fourth-order valence-electron chi connectivity index (χ4n) is 4.06. The van der Waals surface area contributed by atoms with Crippen LogP contribution in [0.3, 0.4) is 0 Å². The van der Waals surface area contributed by atoms with Crippen molar-refractivity contribution in [1.82, 2.24) is 10.2 Å². The Bertz CT molecular complexity index is 1390. The van der Waals surface area contributed by atoms with Crippen LogP contribution in [0.2, 0.25) is 5.02 Å². The Morgan fingerprint density at radius 3 is 2.48 bits per heavy atom. The minimum absolute atomic E-state index is 0.0755. The predicted octanol–water partition coefficient (Wildman–Crippen LogP) is 4.10. The standard InChI is InChI=1S/C23H24ClN3O5S/c1-13-8-9-14(21-16-6-4-5-7-17(16)23(28)26-25-21)10-20(13)33(29,30)27-22-18(24)11-15(31-2)12-19(22)32-3/h8-12,27H,4-7H2,1-3H3,(H,26,28). The molecule has 33 heavy (non-hydrogen) atoms. The van der Waals surface area contributed by atoms with Gasteiger partial charge in [-0.1, -0.05) is 23.7 Å². The number of H-pyrrole nitrogens is 1. The second kappa shape index (κ2) is 9.07. The molecule has 0 saturated carbocycles. The minimum atomic E-state index is -4.03. The summed E-state index contributed by atoms with van der Waals surface area (Å²) in [6.45, 7) is 1.71. The highest BCUT2D eigenvalue weighted by Crippen LogP contribution is 2.39. The first kappa shape index (κ1) is 23.1. The molecule has 0 atom stereocenters. The third kappa shape index (κ3) is 4.43. The molecule has 0 unspecified atom stereocenters. The number of hydrogen-bond acceptors (Lipinski definition) is 6. The van der Waals surface area contributed by atoms with Gasteiger partial charge in [0.1, 0.15) is 17.2 Å². The van der Waals surface area contributed by atoms with E-state index >= 15 is 0 Å². The van der Waals surface area contributed by atoms with Crippen molar-refractivity contribution in [3.63, 3.8) is 0 Å². The third-order valence-electron chi connectivity index (χ3n) is 5.77. The molecule has 2 N–H and O–H groups in total. The molecule has 0 aliphatic heterocycles. The predicted molar refractivity (Wildman–Crippen MR) is 127 cm³/mol. The molecule has 0 bridgehead atoms. The Hall–Kier alpha value is -3.04. The first-order chi connectivity index (χ1) is 15.7. The number of methoxy groups -OCH3 is 2. The largest absolute Gasteiger partial charge is 0.497 e. The Kier molecular flexibility index (Phi) is 6.36. The summed E-state index contributed by atoms with van der Waals surface area (Å²) in [6.07, 6.45) is 3.32. The van der Waals surface area contributed by atoms with Gasteiger partial charge >= 0.3 is 0 Å². The number of anilines is 1. The van der Waals surface area contributed by atoms with Gasteiger partial charge in [0.15, 0.2) is 0 Å². The van der Waals surface area contributed by atoms with Crippen LogP contribution in [0.5, 0.6) is 11.5 Å². The number of aromatic nitrogens is 2. The zero-order valence-corrected chi connectivity index (χ0v) is 20.1. The van der Waals surface area contributed by atoms with E-state index in [2.05, 4.69) is 14.9 Å². The molecule has 0 saturated heterocycles. The normalized spacial score (nSPS) is 13.3. The summed E-state index contributed by atoms with van der Waals surface area (Å²) in [5.41, 5.74) is 3.30. The number of nitrogens with one attached hydrogen (secondary N) is 2. The first-order valence-electron chi connectivity index (χ1n) is 10.4. The number of aryl methyl sites for hydroxylation is 1. The Morgan fingerprint density at radius 2 is 1.79 bits per heavy atom. The van der Waals surface area contributed by atoms with Crippen molar-refractivity contribution >= 4 is 27.3 Å². The molecule has 0 radical (unpaired) electrons. The van der Waals surface area contributed by atoms with E-state index in [-0.39, 0.29) is 26.9 Å². The van der Waals surface area contributed by atoms with Crippen molar-refractivity contribution in [3.05, 3.63) is 62.4 Å². The summed E-state index contributed by atoms with van der Waals surface area (Å²) < 4.78 is 39.8. The molecule has 0 amide bonds. The van der Waals surface area contributed by atoms with Crippen molar-refractivity contribution in [2.45, 2.75) is 37.5 Å². The maximum atomic E-state index is 13.4. The lowest BCUT2D eigenvalue weighted by Crippen LogP contribution is -2.21. The number of fused-ring (bicyclic) bond motifs is 1. The average Bonchev–Trinajstić information content (AvgIpc) is 2.81. The molecular formula is C23H24ClN3O5S. The van der Waals surface area contributed by atoms with E-state index < -0.39 is 10.0 Å². The van der Waals surface area contributed by atoms with Crippen LogP contribution < -0.4 is 19.8 Å². The number of aromatic amines is 1. The van der Waals surface area contributed by atoms with Gasteiger partial charge in [0.2, 0.25) is 0 Å². The highest BCUT2D eigenvalue weighted by molar-refractivity contribution is 7.92. The van der Waals surface area contributed by atoms with E-state index in [0.717, 1.165) is 30.4 Å². The number of ether oxygens (including phenoxy) is 2. The molecule has 1 aliphatic rings. The molecule has 0 spiro atoms. The van der Waals surface area contributed by atoms with E-state index in [1.807, 2.05) is 6.07 Å². The van der Waals surface area contributed by atoms with Crippen LogP contribution >= 0.6 is 11.6 Å². The SMILES string of the molecule is COc1cc(Cl)c(NS(=O)(=O)c2cc(-c3n[nH]c(=O)c4c3CCCC4)ccc2C)c(OC)c1. The fourth-order valence-corrected chi connectivity index (χ4v) is 5.73. The van der Waals surface area contributed by atoms with Crippen LogP contribution in [0.15, 0.2) is 40.0 Å². The summed E-state index contributed by atoms with van der Waals surface area (Å²) in [4.78, 5) is 12.3. The summed E-state index contributed by atoms with van der Waals surface area (Å²) in [5, 5.41) is 6.95. The van der Waals surface area contributed by atoms with Gasteiger partial charge in [0, 0.05) is 23.3 Å². The van der Waals surface area contributed by atoms with E-state index in [9.17, 15) is 13.2 Å². The van der Waals surface area contributed by atoms with Crippen molar-refractivity contribution in [3.8, 4) is 22.8 Å². The number of benzene rings is 2. The van der Waals surface area contributed by atoms with Crippen LogP contribution in [0.1, 0.15) is 29.5 Å². The van der Waals surface area contributed by atoms with Crippen LogP contribution in [0.4, 0.5) is 5.69 Å². The van der Waals surface area contributed by atoms with Crippen molar-refractivity contribution in [2.75, 3.05) is 18.9 Å². The average molecular weight is 490 g/mol. The van der Waals surface area contributed by atoms with Gasteiger partial charge in [-0.05, 0) is 49.8 Å². The molecule has 1 aliphatic carbocycles. The van der Waals surface area contributed by atoms with Crippen LogP contribution in [-0.4, -0.2) is 32.8 Å². The quantitative estimate of drug-likeness (QED) is 0.539. The lowest BCUT2D eigenvalue weighted by molar-refractivity contribution is 0.395. The van der Waals surface area contributed by atoms with Crippen LogP contribution in [0.25, 0.3) is 11.3 Å². The van der Waals surface area contributed by atoms with Crippen molar-refractivity contribution in [1.29, 1.82) is 0 Å². The summed E-state index contributed by atoms with van der Waals surface area (Å²) in [7, 11) is -1.14. The Labute approximate surface area is 197 Å². The number of hydrogen-bond donors (Lipinski definition) is 2. The monoisotopic (exact) mass is 489 g/mol. The fraction of sp³-hybridized carbons (Fsp3) is 0.304. The molecular weight excluding hydrogens is 466 g/mol. The zero-order valence-electron chi connectivity index (χ0n) is 18.5. The minimum Gasteiger partial charge on any atom is -0.497 e. The molecule has 1 aromatic heterocycles. The van der Waals surface area contributed by atoms with Gasteiger partial charge in [0.05, 0.1) is 29.8 Å². The second-order valence-corrected chi connectivity index (χ2v) is 9.90. The smallest absolute Gasteiger partial charge is 0.267 e. The van der Waals surface area contributed by atoms with Crippen LogP contribution in [-0.2, 0) is 22.9 Å². The number of rotatable bonds is 6. The van der Waals surface area contributed by atoms with Crippen LogP contribution in [0, 0.1) is 6.92 Å². The summed E-state index contributed by atoms with van der Waals surface area (Å²) >= 11 is 6.32. The molecule has 174 valence electrons. The maximum absolute atomic E-state index is 13.4. The van der Waals surface area contributed by atoms with Crippen molar-refractivity contribution < 1.29 is 17.9 Å². The molecule has 1 heterocycles. The number of nitrogens with zero attached hydrogens (tertiary/aromatic N) is 1.